The summed E-state index contributed by atoms with van der Waals surface area (Å²) in [7, 11) is 0. The second kappa shape index (κ2) is 12.4. The van der Waals surface area contributed by atoms with E-state index in [4.69, 9.17) is 20.2 Å². The normalized spacial score (nSPS) is 14.6. The van der Waals surface area contributed by atoms with Gasteiger partial charge in [0.2, 0.25) is 11.8 Å². The first kappa shape index (κ1) is 28.8. The molecule has 0 unspecified atom stereocenters. The number of thiophene rings is 1. The van der Waals surface area contributed by atoms with Crippen LogP contribution in [0.15, 0.2) is 42.7 Å². The number of anilines is 2. The minimum absolute atomic E-state index is 0.00107. The van der Waals surface area contributed by atoms with Gasteiger partial charge in [-0.1, -0.05) is 6.07 Å². The molecule has 1 amide bonds. The Morgan fingerprint density at radius 2 is 1.95 bits per heavy atom. The van der Waals surface area contributed by atoms with Crippen molar-refractivity contribution in [2.75, 3.05) is 25.0 Å². The van der Waals surface area contributed by atoms with Crippen LogP contribution in [0.3, 0.4) is 0 Å². The number of pyridine rings is 1. The molecule has 1 fully saturated rings. The average Bonchev–Trinajstić information content (AvgIpc) is 3.33. The van der Waals surface area contributed by atoms with Crippen molar-refractivity contribution in [1.82, 2.24) is 19.9 Å². The van der Waals surface area contributed by atoms with Crippen LogP contribution in [-0.4, -0.2) is 57.6 Å². The fourth-order valence-electron chi connectivity index (χ4n) is 5.33. The maximum atomic E-state index is 12.5. The Morgan fingerprint density at radius 3 is 2.63 bits per heavy atom. The van der Waals surface area contributed by atoms with Gasteiger partial charge in [0.15, 0.2) is 0 Å². The van der Waals surface area contributed by atoms with E-state index >= 15 is 0 Å². The summed E-state index contributed by atoms with van der Waals surface area (Å²) in [5.41, 5.74) is 9.73. The minimum atomic E-state index is -0.536. The SMILES string of the molecule is CCOc1ncccc1-c1c(C(N)=O)sc2cnc(Nc3ccc(C4CCN(C(C)C)CC4)cc3OC(C)C)nc12. The van der Waals surface area contributed by atoms with E-state index in [-0.39, 0.29) is 6.10 Å². The van der Waals surface area contributed by atoms with Crippen LogP contribution in [0, 0.1) is 0 Å². The molecule has 1 aromatic carbocycles. The number of fused-ring (bicyclic) bond motifs is 1. The highest BCUT2D eigenvalue weighted by Crippen LogP contribution is 2.41. The van der Waals surface area contributed by atoms with E-state index in [2.05, 4.69) is 46.2 Å². The Kier molecular flexibility index (Phi) is 8.70. The molecule has 0 saturated carbocycles. The fourth-order valence-corrected chi connectivity index (χ4v) is 6.31. The van der Waals surface area contributed by atoms with Crippen molar-refractivity contribution in [3.05, 3.63) is 53.2 Å². The molecular weight excluding hydrogens is 536 g/mol. The van der Waals surface area contributed by atoms with Gasteiger partial charge in [0.05, 0.1) is 34.8 Å². The lowest BCUT2D eigenvalue weighted by Crippen LogP contribution is -2.37. The molecule has 0 bridgehead atoms. The number of primary amides is 1. The van der Waals surface area contributed by atoms with E-state index in [0.29, 0.717) is 51.9 Å². The topological polar surface area (TPSA) is 115 Å². The lowest BCUT2D eigenvalue weighted by atomic mass is 9.88. The number of hydrogen-bond donors (Lipinski definition) is 2. The van der Waals surface area contributed by atoms with Gasteiger partial charge in [0, 0.05) is 23.4 Å². The summed E-state index contributed by atoms with van der Waals surface area (Å²) in [5.74, 6) is 1.54. The number of piperidine rings is 1. The van der Waals surface area contributed by atoms with E-state index in [0.717, 1.165) is 42.1 Å². The quantitative estimate of drug-likeness (QED) is 0.225. The van der Waals surface area contributed by atoms with E-state index in [1.165, 1.54) is 16.9 Å². The Hall–Kier alpha value is -3.76. The van der Waals surface area contributed by atoms with Crippen LogP contribution in [0.5, 0.6) is 11.6 Å². The summed E-state index contributed by atoms with van der Waals surface area (Å²) < 4.78 is 12.8. The van der Waals surface area contributed by atoms with Gasteiger partial charge in [-0.3, -0.25) is 4.79 Å². The molecule has 4 heterocycles. The third-order valence-corrected chi connectivity index (χ3v) is 8.45. The van der Waals surface area contributed by atoms with E-state index in [1.807, 2.05) is 32.9 Å². The number of benzene rings is 1. The molecule has 0 spiro atoms. The van der Waals surface area contributed by atoms with Gasteiger partial charge in [-0.2, -0.15) is 0 Å². The number of nitrogens with zero attached hydrogens (tertiary/aromatic N) is 4. The van der Waals surface area contributed by atoms with Crippen molar-refractivity contribution in [1.29, 1.82) is 0 Å². The maximum absolute atomic E-state index is 12.5. The zero-order valence-electron chi connectivity index (χ0n) is 24.3. The molecule has 0 atom stereocenters. The van der Waals surface area contributed by atoms with Crippen molar-refractivity contribution in [2.24, 2.45) is 5.73 Å². The standard InChI is InChI=1S/C31H38N6O3S/c1-6-39-30-22(8-7-13-33-30)26-27-25(41-28(26)29(32)38)17-34-31(36-27)35-23-10-9-21(16-24(23)40-19(4)5)20-11-14-37(15-12-20)18(2)3/h7-10,13,16-20H,6,11-12,14-15H2,1-5H3,(H2,32,38)(H,34,35,36). The van der Waals surface area contributed by atoms with Crippen molar-refractivity contribution in [3.8, 4) is 22.8 Å². The molecule has 3 aromatic heterocycles. The summed E-state index contributed by atoms with van der Waals surface area (Å²) >= 11 is 1.26. The average molecular weight is 575 g/mol. The minimum Gasteiger partial charge on any atom is -0.489 e. The molecule has 3 N–H and O–H groups in total. The molecule has 1 aliphatic heterocycles. The van der Waals surface area contributed by atoms with Crippen molar-refractivity contribution in [2.45, 2.75) is 65.5 Å². The summed E-state index contributed by atoms with van der Waals surface area (Å²) in [6.07, 6.45) is 5.63. The zero-order chi connectivity index (χ0) is 29.1. The molecule has 5 rings (SSSR count). The van der Waals surface area contributed by atoms with Gasteiger partial charge in [-0.15, -0.1) is 11.3 Å². The molecule has 1 aliphatic rings. The van der Waals surface area contributed by atoms with Gasteiger partial charge >= 0.3 is 0 Å². The molecule has 216 valence electrons. The van der Waals surface area contributed by atoms with E-state index in [9.17, 15) is 4.79 Å². The highest BCUT2D eigenvalue weighted by Gasteiger charge is 2.25. The third-order valence-electron chi connectivity index (χ3n) is 7.32. The second-order valence-corrected chi connectivity index (χ2v) is 11.9. The number of carbonyl (C=O) groups excluding carboxylic acids is 1. The summed E-state index contributed by atoms with van der Waals surface area (Å²) in [6.45, 7) is 13.1. The largest absolute Gasteiger partial charge is 0.489 e. The summed E-state index contributed by atoms with van der Waals surface area (Å²) in [5, 5.41) is 3.37. The zero-order valence-corrected chi connectivity index (χ0v) is 25.1. The van der Waals surface area contributed by atoms with Crippen LogP contribution in [0.25, 0.3) is 21.3 Å². The van der Waals surface area contributed by atoms with Crippen LogP contribution < -0.4 is 20.5 Å². The Balaban J connectivity index is 1.50. The third kappa shape index (κ3) is 6.28. The Morgan fingerprint density at radius 1 is 1.17 bits per heavy atom. The highest BCUT2D eigenvalue weighted by atomic mass is 32.1. The molecule has 1 saturated heterocycles. The smallest absolute Gasteiger partial charge is 0.259 e. The number of amides is 1. The van der Waals surface area contributed by atoms with Gasteiger partial charge in [0.25, 0.3) is 5.91 Å². The highest BCUT2D eigenvalue weighted by molar-refractivity contribution is 7.21. The molecule has 10 heteroatoms. The van der Waals surface area contributed by atoms with Crippen molar-refractivity contribution >= 4 is 39.1 Å². The maximum Gasteiger partial charge on any atom is 0.259 e. The van der Waals surface area contributed by atoms with Gasteiger partial charge in [-0.25, -0.2) is 15.0 Å². The predicted octanol–water partition coefficient (Wildman–Crippen LogP) is 6.37. The summed E-state index contributed by atoms with van der Waals surface area (Å²) in [4.78, 5) is 29.2. The number of ether oxygens (including phenoxy) is 2. The fraction of sp³-hybridized carbons (Fsp3) is 0.419. The number of carbonyl (C=O) groups is 1. The number of nitrogens with one attached hydrogen (secondary N) is 1. The predicted molar refractivity (Wildman–Crippen MR) is 165 cm³/mol. The molecule has 41 heavy (non-hydrogen) atoms. The number of aromatic nitrogens is 3. The van der Waals surface area contributed by atoms with Gasteiger partial charge < -0.3 is 25.4 Å². The van der Waals surface area contributed by atoms with Crippen LogP contribution >= 0.6 is 11.3 Å². The van der Waals surface area contributed by atoms with Crippen LogP contribution in [0.1, 0.15) is 68.6 Å². The molecule has 0 radical (unpaired) electrons. The second-order valence-electron chi connectivity index (χ2n) is 10.8. The van der Waals surface area contributed by atoms with Crippen LogP contribution in [0.2, 0.25) is 0 Å². The monoisotopic (exact) mass is 574 g/mol. The van der Waals surface area contributed by atoms with Crippen LogP contribution in [0.4, 0.5) is 11.6 Å². The van der Waals surface area contributed by atoms with Crippen molar-refractivity contribution < 1.29 is 14.3 Å². The molecule has 4 aromatic rings. The summed E-state index contributed by atoms with van der Waals surface area (Å²) in [6, 6.07) is 10.6. The number of rotatable bonds is 10. The van der Waals surface area contributed by atoms with E-state index < -0.39 is 5.91 Å². The molecular formula is C31H38N6O3S. The molecule has 9 nitrogen and oxygen atoms in total. The Labute approximate surface area is 245 Å². The first-order valence-electron chi connectivity index (χ1n) is 14.2. The van der Waals surface area contributed by atoms with E-state index in [1.54, 1.807) is 18.5 Å². The van der Waals surface area contributed by atoms with Crippen LogP contribution in [-0.2, 0) is 0 Å². The van der Waals surface area contributed by atoms with Crippen molar-refractivity contribution in [3.63, 3.8) is 0 Å². The number of nitrogens with two attached hydrogens (primary N) is 1. The number of hydrogen-bond acceptors (Lipinski definition) is 9. The van der Waals surface area contributed by atoms with Gasteiger partial charge in [-0.05, 0) is 96.3 Å². The Bertz CT molecular complexity index is 1530. The first-order chi connectivity index (χ1) is 19.7. The lowest BCUT2D eigenvalue weighted by Gasteiger charge is -2.35. The lowest BCUT2D eigenvalue weighted by molar-refractivity contribution is 0.100. The number of likely N-dealkylation sites (tertiary alicyclic amines) is 1. The first-order valence-corrected chi connectivity index (χ1v) is 15.1. The molecule has 0 aliphatic carbocycles. The van der Waals surface area contributed by atoms with Gasteiger partial charge in [0.1, 0.15) is 10.6 Å².